The summed E-state index contributed by atoms with van der Waals surface area (Å²) in [4.78, 5) is 16.0. The summed E-state index contributed by atoms with van der Waals surface area (Å²) in [5, 5.41) is 5.45. The SMILES string of the molecule is Cc1nc(CSCCC(=O)Nc2ccc(F)cc2F)cs1. The number of thiazole rings is 1. The van der Waals surface area contributed by atoms with Gasteiger partial charge in [-0.15, -0.1) is 11.3 Å². The fourth-order valence-corrected chi connectivity index (χ4v) is 3.17. The first-order valence-corrected chi connectivity index (χ1v) is 8.31. The van der Waals surface area contributed by atoms with Gasteiger partial charge in [-0.2, -0.15) is 11.8 Å². The number of hydrogen-bond donors (Lipinski definition) is 1. The predicted octanol–water partition coefficient (Wildman–Crippen LogP) is 3.99. The van der Waals surface area contributed by atoms with Crippen molar-refractivity contribution in [1.29, 1.82) is 0 Å². The molecule has 1 aromatic heterocycles. The van der Waals surface area contributed by atoms with Gasteiger partial charge < -0.3 is 5.32 Å². The molecule has 2 aromatic rings. The number of carbonyl (C=O) groups excluding carboxylic acids is 1. The van der Waals surface area contributed by atoms with Crippen molar-refractivity contribution < 1.29 is 13.6 Å². The normalized spacial score (nSPS) is 10.6. The monoisotopic (exact) mass is 328 g/mol. The van der Waals surface area contributed by atoms with Crippen molar-refractivity contribution in [3.8, 4) is 0 Å². The Bertz CT molecular complexity index is 631. The molecule has 0 saturated heterocycles. The number of nitrogens with one attached hydrogen (secondary N) is 1. The molecule has 0 aliphatic rings. The van der Waals surface area contributed by atoms with E-state index >= 15 is 0 Å². The molecule has 7 heteroatoms. The van der Waals surface area contributed by atoms with Crippen LogP contribution in [-0.2, 0) is 10.5 Å². The van der Waals surface area contributed by atoms with Crippen LogP contribution in [0.1, 0.15) is 17.1 Å². The molecule has 2 rings (SSSR count). The number of hydrogen-bond acceptors (Lipinski definition) is 4. The van der Waals surface area contributed by atoms with E-state index in [1.54, 1.807) is 23.1 Å². The van der Waals surface area contributed by atoms with Gasteiger partial charge in [0.15, 0.2) is 0 Å². The molecule has 21 heavy (non-hydrogen) atoms. The second-order valence-corrected chi connectivity index (χ2v) is 6.50. The lowest BCUT2D eigenvalue weighted by Gasteiger charge is -2.06. The lowest BCUT2D eigenvalue weighted by Crippen LogP contribution is -2.13. The van der Waals surface area contributed by atoms with Crippen LogP contribution in [0.4, 0.5) is 14.5 Å². The molecular weight excluding hydrogens is 314 g/mol. The Hall–Kier alpha value is -1.47. The molecule has 1 N–H and O–H groups in total. The highest BCUT2D eigenvalue weighted by Crippen LogP contribution is 2.17. The second-order valence-electron chi connectivity index (χ2n) is 4.33. The summed E-state index contributed by atoms with van der Waals surface area (Å²) in [6, 6.07) is 3.07. The van der Waals surface area contributed by atoms with Crippen LogP contribution in [0.15, 0.2) is 23.6 Å². The summed E-state index contributed by atoms with van der Waals surface area (Å²) >= 11 is 3.19. The molecule has 0 aliphatic carbocycles. The van der Waals surface area contributed by atoms with Crippen molar-refractivity contribution in [2.75, 3.05) is 11.1 Å². The number of anilines is 1. The Morgan fingerprint density at radius 1 is 1.43 bits per heavy atom. The van der Waals surface area contributed by atoms with E-state index in [1.165, 1.54) is 6.07 Å². The summed E-state index contributed by atoms with van der Waals surface area (Å²) in [5.74, 6) is -0.357. The highest BCUT2D eigenvalue weighted by Gasteiger charge is 2.08. The third kappa shape index (κ3) is 5.09. The van der Waals surface area contributed by atoms with Gasteiger partial charge in [0.2, 0.25) is 5.91 Å². The van der Waals surface area contributed by atoms with Crippen LogP contribution < -0.4 is 5.32 Å². The zero-order valence-corrected chi connectivity index (χ0v) is 13.0. The maximum atomic E-state index is 13.4. The van der Waals surface area contributed by atoms with E-state index in [2.05, 4.69) is 10.3 Å². The van der Waals surface area contributed by atoms with Gasteiger partial charge in [0.25, 0.3) is 0 Å². The third-order valence-corrected chi connectivity index (χ3v) is 4.41. The van der Waals surface area contributed by atoms with E-state index in [0.717, 1.165) is 28.6 Å². The fourth-order valence-electron chi connectivity index (χ4n) is 1.62. The zero-order valence-electron chi connectivity index (χ0n) is 11.4. The van der Waals surface area contributed by atoms with E-state index in [-0.39, 0.29) is 18.0 Å². The predicted molar refractivity (Wildman–Crippen MR) is 82.6 cm³/mol. The minimum absolute atomic E-state index is 0.00141. The smallest absolute Gasteiger partial charge is 0.225 e. The molecule has 0 aliphatic heterocycles. The molecule has 1 heterocycles. The summed E-state index contributed by atoms with van der Waals surface area (Å²) in [5.41, 5.74) is 1.01. The minimum atomic E-state index is -0.769. The number of aryl methyl sites for hydroxylation is 1. The maximum absolute atomic E-state index is 13.4. The largest absolute Gasteiger partial charge is 0.324 e. The minimum Gasteiger partial charge on any atom is -0.324 e. The summed E-state index contributed by atoms with van der Waals surface area (Å²) in [7, 11) is 0. The summed E-state index contributed by atoms with van der Waals surface area (Å²) in [6.07, 6.45) is 0.268. The van der Waals surface area contributed by atoms with Crippen molar-refractivity contribution >= 4 is 34.7 Å². The van der Waals surface area contributed by atoms with Gasteiger partial charge in [0, 0.05) is 29.4 Å². The maximum Gasteiger partial charge on any atom is 0.225 e. The van der Waals surface area contributed by atoms with Gasteiger partial charge in [-0.1, -0.05) is 0 Å². The Labute approximate surface area is 129 Å². The van der Waals surface area contributed by atoms with Crippen molar-refractivity contribution in [3.63, 3.8) is 0 Å². The highest BCUT2D eigenvalue weighted by atomic mass is 32.2. The van der Waals surface area contributed by atoms with E-state index in [0.29, 0.717) is 5.75 Å². The van der Waals surface area contributed by atoms with Gasteiger partial charge in [-0.05, 0) is 19.1 Å². The Kier molecular flexibility index (Phi) is 5.69. The molecule has 0 bridgehead atoms. The van der Waals surface area contributed by atoms with E-state index < -0.39 is 11.6 Å². The molecule has 0 unspecified atom stereocenters. The molecule has 0 saturated carbocycles. The zero-order chi connectivity index (χ0) is 15.2. The quantitative estimate of drug-likeness (QED) is 0.815. The first kappa shape index (κ1) is 15.9. The Morgan fingerprint density at radius 2 is 2.24 bits per heavy atom. The molecule has 1 amide bonds. The summed E-state index contributed by atoms with van der Waals surface area (Å²) in [6.45, 7) is 1.95. The van der Waals surface area contributed by atoms with Gasteiger partial charge >= 0.3 is 0 Å². The number of benzene rings is 1. The molecule has 0 fully saturated rings. The topological polar surface area (TPSA) is 42.0 Å². The third-order valence-electron chi connectivity index (χ3n) is 2.60. The van der Waals surface area contributed by atoms with E-state index in [4.69, 9.17) is 0 Å². The molecule has 0 atom stereocenters. The number of rotatable bonds is 6. The van der Waals surface area contributed by atoms with Crippen LogP contribution in [0.2, 0.25) is 0 Å². The number of thioether (sulfide) groups is 1. The van der Waals surface area contributed by atoms with Crippen LogP contribution in [0.3, 0.4) is 0 Å². The van der Waals surface area contributed by atoms with Crippen molar-refractivity contribution in [1.82, 2.24) is 4.98 Å². The van der Waals surface area contributed by atoms with Crippen LogP contribution >= 0.6 is 23.1 Å². The van der Waals surface area contributed by atoms with Crippen molar-refractivity contribution in [3.05, 3.63) is 45.9 Å². The van der Waals surface area contributed by atoms with E-state index in [9.17, 15) is 13.6 Å². The van der Waals surface area contributed by atoms with Crippen molar-refractivity contribution in [2.45, 2.75) is 19.1 Å². The van der Waals surface area contributed by atoms with Crippen LogP contribution in [0.5, 0.6) is 0 Å². The van der Waals surface area contributed by atoms with Gasteiger partial charge in [0.05, 0.1) is 16.4 Å². The first-order valence-electron chi connectivity index (χ1n) is 6.28. The molecule has 0 spiro atoms. The highest BCUT2D eigenvalue weighted by molar-refractivity contribution is 7.98. The van der Waals surface area contributed by atoms with Crippen molar-refractivity contribution in [2.24, 2.45) is 0 Å². The molecule has 112 valence electrons. The standard InChI is InChI=1S/C14H14F2N2OS2/c1-9-17-11(8-21-9)7-20-5-4-14(19)18-13-3-2-10(15)6-12(13)16/h2-3,6,8H,4-5,7H2,1H3,(H,18,19). The molecule has 0 radical (unpaired) electrons. The number of aromatic nitrogens is 1. The Balaban J connectivity index is 1.72. The van der Waals surface area contributed by atoms with Gasteiger partial charge in [-0.3, -0.25) is 4.79 Å². The second kappa shape index (κ2) is 7.51. The fraction of sp³-hybridized carbons (Fsp3) is 0.286. The average Bonchev–Trinajstić information content (AvgIpc) is 2.84. The van der Waals surface area contributed by atoms with Gasteiger partial charge in [-0.25, -0.2) is 13.8 Å². The number of nitrogens with zero attached hydrogens (tertiary/aromatic N) is 1. The molecular formula is C14H14F2N2OS2. The van der Waals surface area contributed by atoms with Crippen LogP contribution in [-0.4, -0.2) is 16.6 Å². The number of halogens is 2. The summed E-state index contributed by atoms with van der Waals surface area (Å²) < 4.78 is 26.1. The first-order chi connectivity index (χ1) is 10.0. The van der Waals surface area contributed by atoms with Gasteiger partial charge in [0.1, 0.15) is 11.6 Å². The van der Waals surface area contributed by atoms with Crippen LogP contribution in [0.25, 0.3) is 0 Å². The van der Waals surface area contributed by atoms with E-state index in [1.807, 2.05) is 12.3 Å². The lowest BCUT2D eigenvalue weighted by atomic mass is 10.3. The average molecular weight is 328 g/mol. The molecule has 3 nitrogen and oxygen atoms in total. The lowest BCUT2D eigenvalue weighted by molar-refractivity contribution is -0.115. The molecule has 1 aromatic carbocycles. The number of amides is 1. The Morgan fingerprint density at radius 3 is 2.90 bits per heavy atom. The van der Waals surface area contributed by atoms with Crippen LogP contribution in [0, 0.1) is 18.6 Å². The number of carbonyl (C=O) groups is 1.